The molecule has 4 aliphatic heterocycles. The number of carbonyl (C=O) groups excluding carboxylic acids is 2. The molecule has 4 aliphatic rings. The molecular weight excluding hydrogens is 836 g/mol. The zero-order valence-electron chi connectivity index (χ0n) is 38.2. The number of aryl methyl sites for hydroxylation is 1. The van der Waals surface area contributed by atoms with E-state index in [0.29, 0.717) is 12.2 Å². The number of esters is 1. The molecule has 4 N–H and O–H groups in total. The molecular formula is C42H71ClN4O15. The lowest BCUT2D eigenvalue weighted by Gasteiger charge is -2.46. The first kappa shape index (κ1) is 52.2. The molecule has 0 aliphatic carbocycles. The van der Waals surface area contributed by atoms with Crippen molar-refractivity contribution in [1.29, 1.82) is 0 Å². The summed E-state index contributed by atoms with van der Waals surface area (Å²) in [4.78, 5) is 43.5. The topological polar surface area (TPSA) is 247 Å². The van der Waals surface area contributed by atoms with Crippen LogP contribution in [0.3, 0.4) is 0 Å². The third-order valence-electron chi connectivity index (χ3n) is 13.2. The molecule has 4 fully saturated rings. The van der Waals surface area contributed by atoms with Crippen molar-refractivity contribution >= 4 is 29.2 Å². The summed E-state index contributed by atoms with van der Waals surface area (Å²) in [6.07, 6.45) is -6.79. The van der Waals surface area contributed by atoms with Crippen LogP contribution in [0.1, 0.15) is 80.5 Å². The van der Waals surface area contributed by atoms with E-state index in [1.54, 1.807) is 41.5 Å². The maximum Gasteiger partial charge on any atom is 0.342 e. The van der Waals surface area contributed by atoms with Crippen molar-refractivity contribution in [1.82, 2.24) is 14.5 Å². The number of likely N-dealkylation sites (N-methyl/N-ethyl adjacent to an activating group) is 1. The van der Waals surface area contributed by atoms with Gasteiger partial charge in [0.25, 0.3) is 0 Å². The van der Waals surface area contributed by atoms with E-state index in [4.69, 9.17) is 44.8 Å². The molecule has 62 heavy (non-hydrogen) atoms. The third-order valence-corrected chi connectivity index (χ3v) is 13.5. The van der Waals surface area contributed by atoms with Gasteiger partial charge in [0.2, 0.25) is 0 Å². The van der Waals surface area contributed by atoms with E-state index < -0.39 is 108 Å². The minimum atomic E-state index is -1.10. The second-order valence-corrected chi connectivity index (χ2v) is 18.4. The number of hydrogen-bond acceptors (Lipinski definition) is 17. The normalized spacial score (nSPS) is 41.5. The van der Waals surface area contributed by atoms with E-state index in [-0.39, 0.29) is 61.5 Å². The summed E-state index contributed by atoms with van der Waals surface area (Å²) in [6.45, 7) is 16.4. The number of rotatable bonds is 10. The quantitative estimate of drug-likeness (QED) is 0.0866. The predicted molar refractivity (Wildman–Crippen MR) is 224 cm³/mol. The van der Waals surface area contributed by atoms with E-state index in [2.05, 4.69) is 4.98 Å². The van der Waals surface area contributed by atoms with Gasteiger partial charge in [-0.15, -0.1) is 11.6 Å². The lowest BCUT2D eigenvalue weighted by Crippen LogP contribution is -2.57. The zero-order valence-corrected chi connectivity index (χ0v) is 38.9. The van der Waals surface area contributed by atoms with Crippen molar-refractivity contribution in [3.63, 3.8) is 0 Å². The summed E-state index contributed by atoms with van der Waals surface area (Å²) in [5, 5.41) is 53.1. The molecule has 0 radical (unpaired) electrons. The average Bonchev–Trinajstić information content (AvgIpc) is 3.92. The molecule has 1 spiro atoms. The molecule has 1 aromatic heterocycles. The van der Waals surface area contributed by atoms with Gasteiger partial charge in [-0.25, -0.2) is 9.55 Å². The Hall–Kier alpha value is -2.40. The molecule has 1 unspecified atom stereocenters. The first-order valence-corrected chi connectivity index (χ1v) is 22.2. The number of nitrogens with zero attached hydrogens (tertiary/aromatic N) is 4. The summed E-state index contributed by atoms with van der Waals surface area (Å²) in [5.74, 6) is -3.35. The Kier molecular flexibility index (Phi) is 18.7. The van der Waals surface area contributed by atoms with Crippen molar-refractivity contribution in [3.8, 4) is 0 Å². The monoisotopic (exact) mass is 906 g/mol. The largest absolute Gasteiger partial charge is 0.462 e. The molecule has 19 atom stereocenters. The third kappa shape index (κ3) is 12.3. The Labute approximate surface area is 369 Å². The molecule has 0 aromatic carbocycles. The SMILES string of the molecule is CO[C@H]1C[C@H](O[C@H]2[C@H](C)[C@@H](O[C@@H]3O[C@H](C)C[C@H](N(C)C)[C@H]3O)[C@@H](C)C[C@]3(CO3)C(=O)[C@H](C)[C@@H](O)[C@@H](C)[C@@H](C)OC(=O)[C@@H]2C)O[C@@H](C)[C@@H]1O.Cc1ncc([N+](=O)[O-])n1CC(O)CCl. The van der Waals surface area contributed by atoms with Crippen molar-refractivity contribution in [2.45, 2.75) is 173 Å². The number of halogens is 1. The first-order chi connectivity index (χ1) is 29.0. The van der Waals surface area contributed by atoms with Crippen LogP contribution in [-0.2, 0) is 49.3 Å². The summed E-state index contributed by atoms with van der Waals surface area (Å²) >= 11 is 5.40. The summed E-state index contributed by atoms with van der Waals surface area (Å²) in [7, 11) is 5.32. The number of carbonyl (C=O) groups is 2. The smallest absolute Gasteiger partial charge is 0.342 e. The minimum absolute atomic E-state index is 0.0365. The van der Waals surface area contributed by atoms with Crippen molar-refractivity contribution in [2.24, 2.45) is 29.6 Å². The first-order valence-electron chi connectivity index (χ1n) is 21.6. The Morgan fingerprint density at radius 3 is 2.18 bits per heavy atom. The second-order valence-electron chi connectivity index (χ2n) is 18.1. The highest BCUT2D eigenvalue weighted by atomic mass is 35.5. The van der Waals surface area contributed by atoms with Crippen molar-refractivity contribution in [3.05, 3.63) is 22.1 Å². The number of cyclic esters (lactones) is 1. The fourth-order valence-electron chi connectivity index (χ4n) is 8.98. The van der Waals surface area contributed by atoms with Crippen LogP contribution in [0.25, 0.3) is 0 Å². The van der Waals surface area contributed by atoms with Gasteiger partial charge in [0, 0.05) is 44.2 Å². The van der Waals surface area contributed by atoms with Gasteiger partial charge < -0.3 is 68.6 Å². The number of epoxide rings is 1. The highest BCUT2D eigenvalue weighted by Crippen LogP contribution is 2.43. The zero-order chi connectivity index (χ0) is 46.5. The van der Waals surface area contributed by atoms with Crippen LogP contribution < -0.4 is 0 Å². The Bertz CT molecular complexity index is 1630. The number of aliphatic hydroxyl groups is 4. The van der Waals surface area contributed by atoms with Crippen LogP contribution in [-0.4, -0.2) is 171 Å². The van der Waals surface area contributed by atoms with E-state index in [1.165, 1.54) is 11.7 Å². The molecule has 19 nitrogen and oxygen atoms in total. The number of aromatic nitrogens is 2. The van der Waals surface area contributed by atoms with Gasteiger partial charge in [0.05, 0.1) is 55.0 Å². The lowest BCUT2D eigenvalue weighted by atomic mass is 9.76. The fraction of sp³-hybridized carbons (Fsp3) is 0.881. The number of methoxy groups -OCH3 is 1. The number of alkyl halides is 1. The van der Waals surface area contributed by atoms with E-state index >= 15 is 0 Å². The van der Waals surface area contributed by atoms with Gasteiger partial charge in [0.15, 0.2) is 29.8 Å². The fourth-order valence-corrected chi connectivity index (χ4v) is 9.08. The number of ketones is 1. The van der Waals surface area contributed by atoms with Crippen LogP contribution in [0.4, 0.5) is 5.82 Å². The predicted octanol–water partition coefficient (Wildman–Crippen LogP) is 2.61. The molecule has 0 amide bonds. The Morgan fingerprint density at radius 1 is 0.968 bits per heavy atom. The number of aliphatic hydroxyl groups excluding tert-OH is 4. The van der Waals surface area contributed by atoms with E-state index in [9.17, 15) is 40.1 Å². The average molecular weight is 907 g/mol. The van der Waals surface area contributed by atoms with Crippen LogP contribution >= 0.6 is 11.6 Å². The molecule has 0 bridgehead atoms. The Morgan fingerprint density at radius 2 is 1.61 bits per heavy atom. The van der Waals surface area contributed by atoms with Gasteiger partial charge in [-0.05, 0) is 65.5 Å². The van der Waals surface area contributed by atoms with Crippen LogP contribution in [0.5, 0.6) is 0 Å². The van der Waals surface area contributed by atoms with Gasteiger partial charge in [0.1, 0.15) is 37.2 Å². The number of Topliss-reactive ketones (excluding diaryl/α,β-unsaturated/α-hetero) is 1. The molecule has 5 heterocycles. The molecule has 5 rings (SSSR count). The van der Waals surface area contributed by atoms with Gasteiger partial charge >= 0.3 is 11.8 Å². The number of imidazole rings is 1. The van der Waals surface area contributed by atoms with Crippen LogP contribution in [0.15, 0.2) is 6.20 Å². The maximum atomic E-state index is 13.9. The van der Waals surface area contributed by atoms with E-state index in [1.807, 2.05) is 39.8 Å². The van der Waals surface area contributed by atoms with E-state index in [0.717, 1.165) is 6.20 Å². The van der Waals surface area contributed by atoms with Gasteiger partial charge in [-0.3, -0.25) is 9.59 Å². The summed E-state index contributed by atoms with van der Waals surface area (Å²) in [5.41, 5.74) is -1.10. The highest BCUT2D eigenvalue weighted by molar-refractivity contribution is 6.18. The molecule has 0 saturated carbocycles. The lowest BCUT2D eigenvalue weighted by molar-refractivity contribution is -0.392. The number of nitro groups is 1. The highest BCUT2D eigenvalue weighted by Gasteiger charge is 2.57. The van der Waals surface area contributed by atoms with Gasteiger partial charge in [-0.1, -0.05) is 27.7 Å². The van der Waals surface area contributed by atoms with Crippen LogP contribution in [0, 0.1) is 46.6 Å². The number of ether oxygens (including phenoxy) is 7. The standard InChI is InChI=1S/C35H61NO12.C7H10ClN3O3/c1-16-14-35(15-43-35)32(40)19(4)27(37)18(3)22(7)46-33(41)21(6)31(47-26-13-25(42-11)28(38)23(8)45-26)20(5)30(16)48-34-29(39)24(36(9)10)12-17(2)44-34;1-5-9-3-7(11(13)14)10(5)4-6(12)2-8/h16-31,34,37-39H,12-15H2,1-11H3;3,6,12H,2,4H2,1H3/t16-,17+,18-,19+,20+,21+,22+,23-,24-,25-,26-,27-,28-,29+,30-,31-,34-,35-;/m0./s1. The van der Waals surface area contributed by atoms with Crippen molar-refractivity contribution in [2.75, 3.05) is 33.7 Å². The van der Waals surface area contributed by atoms with Crippen molar-refractivity contribution < 1.29 is 68.1 Å². The molecule has 4 saturated heterocycles. The maximum absolute atomic E-state index is 13.9. The molecule has 20 heteroatoms. The summed E-state index contributed by atoms with van der Waals surface area (Å²) < 4.78 is 44.3. The molecule has 356 valence electrons. The summed E-state index contributed by atoms with van der Waals surface area (Å²) in [6, 6.07) is -0.219. The van der Waals surface area contributed by atoms with Gasteiger partial charge in [-0.2, -0.15) is 0 Å². The molecule has 1 aromatic rings. The minimum Gasteiger partial charge on any atom is -0.462 e. The Balaban J connectivity index is 0.000000511. The number of hydrogen-bond donors (Lipinski definition) is 4. The van der Waals surface area contributed by atoms with Crippen LogP contribution in [0.2, 0.25) is 0 Å². The second kappa shape index (κ2) is 22.2.